The number of rotatable bonds is 5. The lowest BCUT2D eigenvalue weighted by molar-refractivity contribution is 0.0951. The first-order valence-electron chi connectivity index (χ1n) is 7.51. The summed E-state index contributed by atoms with van der Waals surface area (Å²) in [5.41, 5.74) is 2.17. The van der Waals surface area contributed by atoms with E-state index in [0.717, 1.165) is 11.0 Å². The lowest BCUT2D eigenvalue weighted by atomic mass is 10.1. The Balaban J connectivity index is 1.60. The van der Waals surface area contributed by atoms with E-state index in [1.165, 1.54) is 30.1 Å². The third-order valence-electron chi connectivity index (χ3n) is 3.26. The first-order chi connectivity index (χ1) is 12.7. The largest absolute Gasteiger partial charge is 0.448 e. The molecule has 3 aromatic rings. The highest BCUT2D eigenvalue weighted by Crippen LogP contribution is 2.28. The van der Waals surface area contributed by atoms with E-state index in [1.807, 2.05) is 30.3 Å². The Morgan fingerprint density at radius 3 is 2.73 bits per heavy atom. The zero-order valence-electron chi connectivity index (χ0n) is 13.3. The van der Waals surface area contributed by atoms with Crippen LogP contribution in [0.2, 0.25) is 0 Å². The van der Waals surface area contributed by atoms with Gasteiger partial charge in [0, 0.05) is 4.90 Å². The highest BCUT2D eigenvalue weighted by Gasteiger charge is 2.11. The molecule has 0 aliphatic carbocycles. The van der Waals surface area contributed by atoms with Gasteiger partial charge in [0.1, 0.15) is 11.6 Å². The van der Waals surface area contributed by atoms with E-state index < -0.39 is 11.7 Å². The van der Waals surface area contributed by atoms with Crippen LogP contribution >= 0.6 is 11.8 Å². The minimum absolute atomic E-state index is 0.140. The Labute approximate surface area is 153 Å². The fourth-order valence-corrected chi connectivity index (χ4v) is 2.85. The van der Waals surface area contributed by atoms with Crippen LogP contribution in [0.5, 0.6) is 0 Å². The summed E-state index contributed by atoms with van der Waals surface area (Å²) in [5, 5.41) is 13.1. The van der Waals surface area contributed by atoms with Crippen LogP contribution in [0.1, 0.15) is 21.7 Å². The van der Waals surface area contributed by atoms with Gasteiger partial charge < -0.3 is 4.42 Å². The molecule has 1 amide bonds. The van der Waals surface area contributed by atoms with Gasteiger partial charge in [0.05, 0.1) is 23.4 Å². The second-order valence-corrected chi connectivity index (χ2v) is 6.16. The number of nitriles is 1. The van der Waals surface area contributed by atoms with Crippen molar-refractivity contribution in [3.63, 3.8) is 0 Å². The minimum Gasteiger partial charge on any atom is -0.448 e. The molecule has 2 aromatic carbocycles. The Kier molecular flexibility index (Phi) is 5.46. The van der Waals surface area contributed by atoms with Gasteiger partial charge in [-0.15, -0.1) is 0 Å². The van der Waals surface area contributed by atoms with Crippen LogP contribution in [-0.4, -0.2) is 12.1 Å². The van der Waals surface area contributed by atoms with Crippen molar-refractivity contribution in [2.24, 2.45) is 5.10 Å². The maximum absolute atomic E-state index is 13.8. The molecule has 0 saturated heterocycles. The Bertz CT molecular complexity index is 994. The number of carbonyl (C=O) groups excluding carboxylic acids is 1. The molecule has 3 rings (SSSR count). The van der Waals surface area contributed by atoms with E-state index in [-0.39, 0.29) is 11.1 Å². The average molecular weight is 365 g/mol. The molecule has 26 heavy (non-hydrogen) atoms. The van der Waals surface area contributed by atoms with Crippen LogP contribution in [0.15, 0.2) is 80.2 Å². The van der Waals surface area contributed by atoms with Gasteiger partial charge in [0.15, 0.2) is 5.09 Å². The van der Waals surface area contributed by atoms with Gasteiger partial charge in [-0.3, -0.25) is 4.79 Å². The number of hydrogen-bond acceptors (Lipinski definition) is 5. The van der Waals surface area contributed by atoms with Gasteiger partial charge in [-0.2, -0.15) is 10.4 Å². The summed E-state index contributed by atoms with van der Waals surface area (Å²) in [5.74, 6) is -1.05. The standard InChI is InChI=1S/C19H12FN3O2S/c20-17-10-13(11-21)6-8-16(17)19(24)23-22-12-14-7-9-18(25-14)26-15-4-2-1-3-5-15/h1-10,12H,(H,23,24). The van der Waals surface area contributed by atoms with E-state index in [9.17, 15) is 9.18 Å². The van der Waals surface area contributed by atoms with E-state index in [4.69, 9.17) is 9.68 Å². The molecule has 0 bridgehead atoms. The number of nitrogens with one attached hydrogen (secondary N) is 1. The molecule has 1 heterocycles. The fraction of sp³-hybridized carbons (Fsp3) is 0. The van der Waals surface area contributed by atoms with Crippen LogP contribution in [0, 0.1) is 17.1 Å². The van der Waals surface area contributed by atoms with E-state index in [0.29, 0.717) is 10.9 Å². The molecule has 0 fully saturated rings. The second-order valence-electron chi connectivity index (χ2n) is 5.08. The third-order valence-corrected chi connectivity index (χ3v) is 4.19. The monoisotopic (exact) mass is 365 g/mol. The van der Waals surface area contributed by atoms with Crippen LogP contribution < -0.4 is 5.43 Å². The molecular weight excluding hydrogens is 353 g/mol. The van der Waals surface area contributed by atoms with Crippen molar-refractivity contribution in [3.8, 4) is 6.07 Å². The SMILES string of the molecule is N#Cc1ccc(C(=O)NN=Cc2ccc(Sc3ccccc3)o2)c(F)c1. The van der Waals surface area contributed by atoms with Crippen molar-refractivity contribution >= 4 is 23.9 Å². The molecule has 0 aliphatic heterocycles. The number of carbonyl (C=O) groups is 1. The molecule has 0 spiro atoms. The molecule has 0 saturated carbocycles. The Morgan fingerprint density at radius 2 is 2.00 bits per heavy atom. The summed E-state index contributed by atoms with van der Waals surface area (Å²) in [6.07, 6.45) is 1.33. The summed E-state index contributed by atoms with van der Waals surface area (Å²) >= 11 is 1.46. The molecule has 0 unspecified atom stereocenters. The van der Waals surface area contributed by atoms with Gasteiger partial charge >= 0.3 is 0 Å². The van der Waals surface area contributed by atoms with E-state index in [1.54, 1.807) is 18.2 Å². The summed E-state index contributed by atoms with van der Waals surface area (Å²) in [4.78, 5) is 13.0. The van der Waals surface area contributed by atoms with Gasteiger partial charge in [0.2, 0.25) is 0 Å². The van der Waals surface area contributed by atoms with Gasteiger partial charge in [0.25, 0.3) is 5.91 Å². The normalized spacial score (nSPS) is 10.6. The topological polar surface area (TPSA) is 78.4 Å². The average Bonchev–Trinajstić information content (AvgIpc) is 3.09. The summed E-state index contributed by atoms with van der Waals surface area (Å²) in [7, 11) is 0. The third kappa shape index (κ3) is 4.37. The van der Waals surface area contributed by atoms with Crippen LogP contribution in [0.3, 0.4) is 0 Å². The van der Waals surface area contributed by atoms with Crippen molar-refractivity contribution in [1.82, 2.24) is 5.43 Å². The van der Waals surface area contributed by atoms with E-state index in [2.05, 4.69) is 10.5 Å². The Hall–Kier alpha value is -3.37. The summed E-state index contributed by atoms with van der Waals surface area (Å²) < 4.78 is 19.3. The molecule has 7 heteroatoms. The number of halogens is 1. The highest BCUT2D eigenvalue weighted by molar-refractivity contribution is 7.99. The molecule has 0 atom stereocenters. The highest BCUT2D eigenvalue weighted by atomic mass is 32.2. The molecule has 0 aliphatic rings. The lowest BCUT2D eigenvalue weighted by Crippen LogP contribution is -2.19. The van der Waals surface area contributed by atoms with E-state index >= 15 is 0 Å². The quantitative estimate of drug-likeness (QED) is 0.543. The maximum atomic E-state index is 13.8. The molecule has 5 nitrogen and oxygen atoms in total. The number of hydrogen-bond donors (Lipinski definition) is 1. The molecule has 1 N–H and O–H groups in total. The van der Waals surface area contributed by atoms with Gasteiger partial charge in [-0.05, 0) is 42.5 Å². The predicted molar refractivity (Wildman–Crippen MR) is 95.4 cm³/mol. The number of benzene rings is 2. The zero-order chi connectivity index (χ0) is 18.4. The maximum Gasteiger partial charge on any atom is 0.274 e. The molecule has 0 radical (unpaired) electrons. The molecule has 128 valence electrons. The number of nitrogens with zero attached hydrogens (tertiary/aromatic N) is 2. The van der Waals surface area contributed by atoms with Gasteiger partial charge in [-0.1, -0.05) is 30.0 Å². The first-order valence-corrected chi connectivity index (χ1v) is 8.33. The predicted octanol–water partition coefficient (Wildman–Crippen LogP) is 4.21. The smallest absolute Gasteiger partial charge is 0.274 e. The summed E-state index contributed by atoms with van der Waals surface area (Å²) in [6, 6.07) is 18.6. The van der Waals surface area contributed by atoms with Gasteiger partial charge in [-0.25, -0.2) is 9.82 Å². The lowest BCUT2D eigenvalue weighted by Gasteiger charge is -2.01. The van der Waals surface area contributed by atoms with Crippen molar-refractivity contribution < 1.29 is 13.6 Å². The number of furan rings is 1. The second kappa shape index (κ2) is 8.14. The van der Waals surface area contributed by atoms with Crippen molar-refractivity contribution in [3.05, 3.63) is 83.4 Å². The Morgan fingerprint density at radius 1 is 1.19 bits per heavy atom. The van der Waals surface area contributed by atoms with Crippen LogP contribution in [0.4, 0.5) is 4.39 Å². The van der Waals surface area contributed by atoms with Crippen molar-refractivity contribution in [2.45, 2.75) is 9.99 Å². The summed E-state index contributed by atoms with van der Waals surface area (Å²) in [6.45, 7) is 0. The fourth-order valence-electron chi connectivity index (χ4n) is 2.05. The zero-order valence-corrected chi connectivity index (χ0v) is 14.2. The number of hydrazone groups is 1. The van der Waals surface area contributed by atoms with Crippen molar-refractivity contribution in [1.29, 1.82) is 5.26 Å². The molecular formula is C19H12FN3O2S. The molecule has 1 aromatic heterocycles. The van der Waals surface area contributed by atoms with Crippen molar-refractivity contribution in [2.75, 3.05) is 0 Å². The van der Waals surface area contributed by atoms with Crippen LogP contribution in [-0.2, 0) is 0 Å². The first kappa shape index (κ1) is 17.5. The number of amides is 1. The minimum atomic E-state index is -0.781. The van der Waals surface area contributed by atoms with Crippen LogP contribution in [0.25, 0.3) is 0 Å².